The molecule has 0 amide bonds. The number of halogens is 1. The van der Waals surface area contributed by atoms with Crippen LogP contribution < -0.4 is 0 Å². The Labute approximate surface area is 85.8 Å². The van der Waals surface area contributed by atoms with Crippen molar-refractivity contribution in [3.63, 3.8) is 0 Å². The van der Waals surface area contributed by atoms with E-state index in [1.165, 1.54) is 44.4 Å². The summed E-state index contributed by atoms with van der Waals surface area (Å²) in [6.07, 6.45) is 10.1. The van der Waals surface area contributed by atoms with E-state index < -0.39 is 0 Å². The third kappa shape index (κ3) is 9.07. The first-order valence-electron chi connectivity index (χ1n) is 4.72. The molecule has 0 heterocycles. The highest BCUT2D eigenvalue weighted by atomic mass is 127. The Morgan fingerprint density at radius 2 is 1.64 bits per heavy atom. The summed E-state index contributed by atoms with van der Waals surface area (Å²) in [4.78, 5) is 0. The first-order valence-corrected chi connectivity index (χ1v) is 9.21. The van der Waals surface area contributed by atoms with Crippen molar-refractivity contribution in [1.29, 1.82) is 0 Å². The van der Waals surface area contributed by atoms with Gasteiger partial charge in [-0.25, -0.2) is 0 Å². The van der Waals surface area contributed by atoms with E-state index in [1.54, 1.807) is 0 Å². The van der Waals surface area contributed by atoms with Gasteiger partial charge in [0.1, 0.15) is 0 Å². The molecule has 0 aromatic carbocycles. The van der Waals surface area contributed by atoms with Crippen LogP contribution in [0.15, 0.2) is 0 Å². The molecule has 1 unspecified atom stereocenters. The highest BCUT2D eigenvalue weighted by molar-refractivity contribution is 14.2. The van der Waals surface area contributed by atoms with Crippen LogP contribution in [0.2, 0.25) is 0 Å². The lowest BCUT2D eigenvalue weighted by molar-refractivity contribution is 0.659. The van der Waals surface area contributed by atoms with Gasteiger partial charge in [-0.15, -0.1) is 0 Å². The van der Waals surface area contributed by atoms with Crippen LogP contribution in [0.25, 0.3) is 0 Å². The Balaban J connectivity index is 2.89. The fraction of sp³-hybridized carbons (Fsp3) is 1.00. The molecule has 0 saturated heterocycles. The molecule has 0 aliphatic carbocycles. The normalized spacial score (nSPS) is 13.4. The maximum Gasteiger partial charge on any atom is -0.0235 e. The number of hydrogen-bond donors (Lipinski definition) is 0. The van der Waals surface area contributed by atoms with E-state index in [1.807, 2.05) is 0 Å². The lowest BCUT2D eigenvalue weighted by Crippen LogP contribution is -1.83. The number of hydrogen-bond acceptors (Lipinski definition) is 0. The van der Waals surface area contributed by atoms with Crippen molar-refractivity contribution < 1.29 is 0 Å². The molecule has 0 saturated carbocycles. The van der Waals surface area contributed by atoms with E-state index in [0.29, 0.717) is 5.56 Å². The highest BCUT2D eigenvalue weighted by Crippen LogP contribution is 2.44. The molecule has 0 fully saturated rings. The monoisotopic (exact) mass is 286 g/mol. The van der Waals surface area contributed by atoms with Gasteiger partial charge < -0.3 is 0 Å². The van der Waals surface area contributed by atoms with Crippen LogP contribution in [0.5, 0.6) is 0 Å². The van der Waals surface area contributed by atoms with Crippen LogP contribution in [0.3, 0.4) is 0 Å². The number of unbranched alkanes of at least 4 members (excludes halogenated alkanes) is 4. The third-order valence-electron chi connectivity index (χ3n) is 1.85. The van der Waals surface area contributed by atoms with Gasteiger partial charge in [-0.2, -0.15) is 0 Å². The zero-order valence-electron chi connectivity index (χ0n) is 7.77. The Kier molecular flexibility index (Phi) is 10.2. The molecular weight excluding hydrogens is 266 g/mol. The Bertz CT molecular complexity index is 76.0. The molecule has 1 atom stereocenters. The van der Waals surface area contributed by atoms with Crippen LogP contribution in [0.4, 0.5) is 0 Å². The van der Waals surface area contributed by atoms with Crippen LogP contribution in [-0.4, -0.2) is 12.3 Å². The van der Waals surface area contributed by atoms with Gasteiger partial charge in [0, 0.05) is 0 Å². The van der Waals surface area contributed by atoms with E-state index in [-0.39, 0.29) is 0 Å². The van der Waals surface area contributed by atoms with E-state index >= 15 is 0 Å². The summed E-state index contributed by atoms with van der Waals surface area (Å²) < 4.78 is 0. The fourth-order valence-corrected chi connectivity index (χ4v) is 2.95. The second-order valence-corrected chi connectivity index (χ2v) is 9.02. The standard InChI is InChI=1S/C9H20IP/c1-3-5-6-7-8-9-11(10)4-2/h3-9H2,1-2H3. The summed E-state index contributed by atoms with van der Waals surface area (Å²) in [5.74, 6) is 0. The highest BCUT2D eigenvalue weighted by Gasteiger charge is 1.98. The van der Waals surface area contributed by atoms with Gasteiger partial charge >= 0.3 is 0 Å². The molecule has 11 heavy (non-hydrogen) atoms. The fourth-order valence-electron chi connectivity index (χ4n) is 1.05. The number of rotatable bonds is 7. The van der Waals surface area contributed by atoms with E-state index in [4.69, 9.17) is 0 Å². The molecule has 0 rings (SSSR count). The van der Waals surface area contributed by atoms with Gasteiger partial charge in [0.25, 0.3) is 0 Å². The summed E-state index contributed by atoms with van der Waals surface area (Å²) in [6, 6.07) is 0. The topological polar surface area (TPSA) is 0 Å². The van der Waals surface area contributed by atoms with Crippen LogP contribution in [0.1, 0.15) is 46.0 Å². The minimum Gasteiger partial charge on any atom is -0.0654 e. The maximum absolute atomic E-state index is 2.63. The Morgan fingerprint density at radius 3 is 2.18 bits per heavy atom. The molecule has 0 aromatic heterocycles. The molecule has 2 heteroatoms. The van der Waals surface area contributed by atoms with Crippen molar-refractivity contribution in [3.8, 4) is 0 Å². The first-order chi connectivity index (χ1) is 5.31. The van der Waals surface area contributed by atoms with Gasteiger partial charge in [-0.1, -0.05) is 61.6 Å². The van der Waals surface area contributed by atoms with Gasteiger partial charge in [0.15, 0.2) is 0 Å². The largest absolute Gasteiger partial charge is 0.0654 e. The second kappa shape index (κ2) is 9.25. The minimum absolute atomic E-state index is 0.371. The molecule has 0 spiro atoms. The van der Waals surface area contributed by atoms with Crippen molar-refractivity contribution in [3.05, 3.63) is 0 Å². The Hall–Kier alpha value is 1.16. The van der Waals surface area contributed by atoms with Gasteiger partial charge in [0.2, 0.25) is 0 Å². The molecule has 0 aromatic rings. The zero-order chi connectivity index (χ0) is 8.53. The van der Waals surface area contributed by atoms with Crippen LogP contribution in [0, 0.1) is 0 Å². The smallest absolute Gasteiger partial charge is 0.0235 e. The van der Waals surface area contributed by atoms with E-state index in [2.05, 4.69) is 35.9 Å². The quantitative estimate of drug-likeness (QED) is 0.358. The summed E-state index contributed by atoms with van der Waals surface area (Å²) in [7, 11) is 0. The van der Waals surface area contributed by atoms with Gasteiger partial charge in [-0.3, -0.25) is 0 Å². The van der Waals surface area contributed by atoms with Crippen LogP contribution >= 0.6 is 27.6 Å². The average Bonchev–Trinajstić information content (AvgIpc) is 2.04. The van der Waals surface area contributed by atoms with Crippen molar-refractivity contribution in [1.82, 2.24) is 0 Å². The van der Waals surface area contributed by atoms with Crippen molar-refractivity contribution in [2.45, 2.75) is 46.0 Å². The average molecular weight is 286 g/mol. The molecule has 0 bridgehead atoms. The predicted octanol–water partition coefficient (Wildman–Crippen LogP) is 4.81. The van der Waals surface area contributed by atoms with Gasteiger partial charge in [-0.05, 0) is 24.3 Å². The van der Waals surface area contributed by atoms with E-state index in [0.717, 1.165) is 0 Å². The molecule has 0 N–H and O–H groups in total. The van der Waals surface area contributed by atoms with Crippen molar-refractivity contribution in [2.24, 2.45) is 0 Å². The zero-order valence-corrected chi connectivity index (χ0v) is 10.8. The molecule has 0 nitrogen and oxygen atoms in total. The van der Waals surface area contributed by atoms with Gasteiger partial charge in [0.05, 0.1) is 0 Å². The summed E-state index contributed by atoms with van der Waals surface area (Å²) in [5.41, 5.74) is 0.371. The molecular formula is C9H20IP. The summed E-state index contributed by atoms with van der Waals surface area (Å²) >= 11 is 2.63. The third-order valence-corrected chi connectivity index (χ3v) is 6.83. The maximum atomic E-state index is 2.63. The van der Waals surface area contributed by atoms with E-state index in [9.17, 15) is 0 Å². The SMILES string of the molecule is CCCCCCCP(I)CC. The first kappa shape index (κ1) is 12.2. The molecule has 0 aliphatic heterocycles. The summed E-state index contributed by atoms with van der Waals surface area (Å²) in [5, 5.41) is 0. The summed E-state index contributed by atoms with van der Waals surface area (Å²) in [6.45, 7) is 4.58. The minimum atomic E-state index is 0.371. The molecule has 0 radical (unpaired) electrons. The van der Waals surface area contributed by atoms with Crippen LogP contribution in [-0.2, 0) is 0 Å². The van der Waals surface area contributed by atoms with Crippen molar-refractivity contribution >= 4 is 27.6 Å². The molecule has 68 valence electrons. The van der Waals surface area contributed by atoms with Crippen molar-refractivity contribution in [2.75, 3.05) is 12.3 Å². The predicted molar refractivity (Wildman–Crippen MR) is 65.1 cm³/mol. The molecule has 0 aliphatic rings. The second-order valence-electron chi connectivity index (χ2n) is 2.92. The lowest BCUT2D eigenvalue weighted by atomic mass is 10.2. The lowest BCUT2D eigenvalue weighted by Gasteiger charge is -2.05. The Morgan fingerprint density at radius 1 is 1.00 bits per heavy atom.